The molecule has 3 heterocycles. The predicted molar refractivity (Wildman–Crippen MR) is 116 cm³/mol. The molecule has 8 heteroatoms. The van der Waals surface area contributed by atoms with Gasteiger partial charge in [-0.15, -0.1) is 0 Å². The van der Waals surface area contributed by atoms with Gasteiger partial charge in [-0.2, -0.15) is 5.10 Å². The summed E-state index contributed by atoms with van der Waals surface area (Å²) in [5, 5.41) is 11.0. The Labute approximate surface area is 175 Å². The Hall–Kier alpha value is -3.29. The number of nitrogens with one attached hydrogen (secondary N) is 2. The minimum absolute atomic E-state index is 0.0158. The summed E-state index contributed by atoms with van der Waals surface area (Å²) >= 11 is 0. The number of nitrogens with zero attached hydrogens (tertiary/aromatic N) is 3. The van der Waals surface area contributed by atoms with E-state index in [1.54, 1.807) is 4.90 Å². The van der Waals surface area contributed by atoms with Crippen LogP contribution in [0.1, 0.15) is 48.7 Å². The van der Waals surface area contributed by atoms with Crippen molar-refractivity contribution in [1.29, 1.82) is 0 Å². The van der Waals surface area contributed by atoms with Crippen molar-refractivity contribution in [3.05, 3.63) is 47.9 Å². The van der Waals surface area contributed by atoms with Gasteiger partial charge in [-0.3, -0.25) is 9.89 Å². The second-order valence-electron chi connectivity index (χ2n) is 8.41. The summed E-state index contributed by atoms with van der Waals surface area (Å²) in [7, 11) is 0. The molecule has 2 aromatic heterocycles. The molecule has 3 aromatic rings. The van der Waals surface area contributed by atoms with Gasteiger partial charge >= 0.3 is 6.03 Å². The summed E-state index contributed by atoms with van der Waals surface area (Å²) in [5.74, 6) is 0.0806. The number of aromatic nitrogens is 3. The summed E-state index contributed by atoms with van der Waals surface area (Å²) in [5.41, 5.74) is 8.50. The molecule has 0 radical (unpaired) electrons. The summed E-state index contributed by atoms with van der Waals surface area (Å²) < 4.78 is 2.24. The van der Waals surface area contributed by atoms with Crippen molar-refractivity contribution < 1.29 is 9.59 Å². The first-order valence-corrected chi connectivity index (χ1v) is 10.4. The highest BCUT2D eigenvalue weighted by Gasteiger charge is 2.28. The average Bonchev–Trinajstić information content (AvgIpc) is 3.35. The van der Waals surface area contributed by atoms with Crippen molar-refractivity contribution in [2.24, 2.45) is 11.7 Å². The number of carbonyl (C=O) groups is 2. The van der Waals surface area contributed by atoms with E-state index < -0.39 is 5.91 Å². The van der Waals surface area contributed by atoms with Gasteiger partial charge in [0.1, 0.15) is 0 Å². The molecule has 8 nitrogen and oxygen atoms in total. The van der Waals surface area contributed by atoms with E-state index in [1.165, 1.54) is 6.20 Å². The van der Waals surface area contributed by atoms with Crippen molar-refractivity contribution in [2.75, 3.05) is 18.4 Å². The lowest BCUT2D eigenvalue weighted by Crippen LogP contribution is -2.42. The molecule has 1 aliphatic rings. The van der Waals surface area contributed by atoms with Gasteiger partial charge in [-0.05, 0) is 43.0 Å². The zero-order chi connectivity index (χ0) is 21.3. The lowest BCUT2D eigenvalue weighted by molar-refractivity contribution is 0.0998. The number of anilines is 1. The third-order valence-electron chi connectivity index (χ3n) is 5.64. The molecular weight excluding hydrogens is 380 g/mol. The Morgan fingerprint density at radius 1 is 1.33 bits per heavy atom. The van der Waals surface area contributed by atoms with Gasteiger partial charge in [0.25, 0.3) is 5.91 Å². The smallest absolute Gasteiger partial charge is 0.321 e. The predicted octanol–water partition coefficient (Wildman–Crippen LogP) is 3.53. The SMILES string of the molecule is CC(C)Cn1ccc2cc(NC(=O)N3CCC[C@@H](c4[nH]ncc4C(N)=O)C3)ccc21. The van der Waals surface area contributed by atoms with E-state index in [0.29, 0.717) is 30.3 Å². The van der Waals surface area contributed by atoms with Gasteiger partial charge in [0, 0.05) is 48.3 Å². The topological polar surface area (TPSA) is 109 Å². The van der Waals surface area contributed by atoms with Crippen LogP contribution in [0.25, 0.3) is 10.9 Å². The molecule has 1 atom stereocenters. The summed E-state index contributed by atoms with van der Waals surface area (Å²) in [6, 6.07) is 7.94. The maximum Gasteiger partial charge on any atom is 0.321 e. The van der Waals surface area contributed by atoms with E-state index in [-0.39, 0.29) is 11.9 Å². The monoisotopic (exact) mass is 408 g/mol. The second-order valence-corrected chi connectivity index (χ2v) is 8.41. The van der Waals surface area contributed by atoms with Crippen molar-refractivity contribution in [1.82, 2.24) is 19.7 Å². The largest absolute Gasteiger partial charge is 0.365 e. The number of carbonyl (C=O) groups excluding carboxylic acids is 2. The third kappa shape index (κ3) is 4.03. The third-order valence-corrected chi connectivity index (χ3v) is 5.64. The van der Waals surface area contributed by atoms with Crippen LogP contribution in [0.5, 0.6) is 0 Å². The van der Waals surface area contributed by atoms with Gasteiger partial charge in [0.15, 0.2) is 0 Å². The number of primary amides is 1. The molecule has 0 spiro atoms. The van der Waals surface area contributed by atoms with Crippen LogP contribution in [0.2, 0.25) is 0 Å². The van der Waals surface area contributed by atoms with Crippen LogP contribution in [0.4, 0.5) is 10.5 Å². The number of benzene rings is 1. The molecule has 1 aliphatic heterocycles. The van der Waals surface area contributed by atoms with Gasteiger partial charge in [0.2, 0.25) is 0 Å². The molecule has 0 bridgehead atoms. The van der Waals surface area contributed by atoms with Crippen molar-refractivity contribution in [3.8, 4) is 0 Å². The van der Waals surface area contributed by atoms with Gasteiger partial charge in [-0.1, -0.05) is 13.8 Å². The number of hydrogen-bond donors (Lipinski definition) is 3. The summed E-state index contributed by atoms with van der Waals surface area (Å²) in [4.78, 5) is 26.3. The average molecular weight is 409 g/mol. The van der Waals surface area contributed by atoms with Crippen LogP contribution in [0.15, 0.2) is 36.7 Å². The molecule has 4 N–H and O–H groups in total. The molecule has 0 aliphatic carbocycles. The Morgan fingerprint density at radius 3 is 2.93 bits per heavy atom. The van der Waals surface area contributed by atoms with Crippen LogP contribution in [0.3, 0.4) is 0 Å². The van der Waals surface area contributed by atoms with Crippen molar-refractivity contribution in [3.63, 3.8) is 0 Å². The van der Waals surface area contributed by atoms with Gasteiger partial charge < -0.3 is 20.5 Å². The van der Waals surface area contributed by atoms with E-state index >= 15 is 0 Å². The van der Waals surface area contributed by atoms with E-state index in [1.807, 2.05) is 12.1 Å². The standard InChI is InChI=1S/C22H28N6O2/c1-14(2)12-27-9-7-15-10-17(5-6-19(15)27)25-22(30)28-8-3-4-16(13-28)20-18(21(23)29)11-24-26-20/h5-7,9-11,14,16H,3-4,8,12-13H2,1-2H3,(H2,23,29)(H,24,26)(H,25,30)/t16-/m1/s1. The van der Waals surface area contributed by atoms with Crippen molar-refractivity contribution in [2.45, 2.75) is 39.2 Å². The highest BCUT2D eigenvalue weighted by molar-refractivity contribution is 5.94. The maximum absolute atomic E-state index is 12.9. The quantitative estimate of drug-likeness (QED) is 0.601. The fraction of sp³-hybridized carbons (Fsp3) is 0.409. The minimum atomic E-state index is -0.502. The Balaban J connectivity index is 1.45. The number of likely N-dealkylation sites (tertiary alicyclic amines) is 1. The molecule has 30 heavy (non-hydrogen) atoms. The zero-order valence-corrected chi connectivity index (χ0v) is 17.4. The highest BCUT2D eigenvalue weighted by Crippen LogP contribution is 2.28. The lowest BCUT2D eigenvalue weighted by atomic mass is 9.92. The molecule has 0 unspecified atom stereocenters. The number of fused-ring (bicyclic) bond motifs is 1. The second kappa shape index (κ2) is 8.22. The first-order chi connectivity index (χ1) is 14.4. The van der Waals surface area contributed by atoms with Crippen LogP contribution in [-0.2, 0) is 6.54 Å². The van der Waals surface area contributed by atoms with E-state index in [4.69, 9.17) is 5.73 Å². The van der Waals surface area contributed by atoms with Crippen LogP contribution in [-0.4, -0.2) is 44.7 Å². The highest BCUT2D eigenvalue weighted by atomic mass is 16.2. The van der Waals surface area contributed by atoms with E-state index in [0.717, 1.165) is 36.0 Å². The first-order valence-electron chi connectivity index (χ1n) is 10.4. The number of H-pyrrole nitrogens is 1. The molecule has 158 valence electrons. The summed E-state index contributed by atoms with van der Waals surface area (Å²) in [6.45, 7) is 6.55. The number of nitrogens with two attached hydrogens (primary N) is 1. The molecule has 1 fully saturated rings. The molecule has 1 saturated heterocycles. The summed E-state index contributed by atoms with van der Waals surface area (Å²) in [6.07, 6.45) is 5.28. The number of amides is 3. The Bertz CT molecular complexity index is 1070. The fourth-order valence-corrected chi connectivity index (χ4v) is 4.23. The molecular formula is C22H28N6O2. The van der Waals surface area contributed by atoms with Crippen LogP contribution >= 0.6 is 0 Å². The minimum Gasteiger partial charge on any atom is -0.365 e. The number of urea groups is 1. The lowest BCUT2D eigenvalue weighted by Gasteiger charge is -2.32. The van der Waals surface area contributed by atoms with Crippen LogP contribution in [0, 0.1) is 5.92 Å². The van der Waals surface area contributed by atoms with E-state index in [2.05, 4.69) is 52.3 Å². The van der Waals surface area contributed by atoms with E-state index in [9.17, 15) is 9.59 Å². The molecule has 0 saturated carbocycles. The molecule has 3 amide bonds. The number of piperidine rings is 1. The number of hydrogen-bond acceptors (Lipinski definition) is 3. The number of rotatable bonds is 5. The normalized spacial score (nSPS) is 16.9. The van der Waals surface area contributed by atoms with Crippen molar-refractivity contribution >= 4 is 28.5 Å². The van der Waals surface area contributed by atoms with Gasteiger partial charge in [0.05, 0.1) is 17.5 Å². The Kier molecular flexibility index (Phi) is 5.48. The molecule has 1 aromatic carbocycles. The number of aromatic amines is 1. The van der Waals surface area contributed by atoms with Gasteiger partial charge in [-0.25, -0.2) is 4.79 Å². The zero-order valence-electron chi connectivity index (χ0n) is 17.4. The maximum atomic E-state index is 12.9. The Morgan fingerprint density at radius 2 is 2.17 bits per heavy atom. The van der Waals surface area contributed by atoms with Crippen LogP contribution < -0.4 is 11.1 Å². The first kappa shape index (κ1) is 20.0. The fourth-order valence-electron chi connectivity index (χ4n) is 4.23. The molecule has 4 rings (SSSR count).